The SMILES string of the molecule is CC1(C)c2cc(C#N)ccc2-c2ccc(C3C=Cc4cc(-c5ccc(C(N)=Nc6ccc(-c7ccccc7)cn6)cc5)ccc4C3)cc21. The van der Waals surface area contributed by atoms with Crippen LogP contribution in [0, 0.1) is 11.3 Å². The highest BCUT2D eigenvalue weighted by molar-refractivity contribution is 5.99. The van der Waals surface area contributed by atoms with Crippen LogP contribution < -0.4 is 5.73 Å². The van der Waals surface area contributed by atoms with Crippen molar-refractivity contribution in [2.45, 2.75) is 31.6 Å². The molecule has 0 bridgehead atoms. The fourth-order valence-electron chi connectivity index (χ4n) is 7.20. The zero-order valence-electron chi connectivity index (χ0n) is 27.0. The summed E-state index contributed by atoms with van der Waals surface area (Å²) in [6, 6.07) is 44.4. The number of hydrogen-bond donors (Lipinski definition) is 1. The third-order valence-electron chi connectivity index (χ3n) is 9.96. The average Bonchev–Trinajstić information content (AvgIpc) is 3.36. The van der Waals surface area contributed by atoms with E-state index >= 15 is 0 Å². The van der Waals surface area contributed by atoms with Crippen molar-refractivity contribution in [2.75, 3.05) is 0 Å². The van der Waals surface area contributed by atoms with Crippen LogP contribution >= 0.6 is 0 Å². The fraction of sp³-hybridized carbons (Fsp3) is 0.114. The van der Waals surface area contributed by atoms with E-state index in [9.17, 15) is 5.26 Å². The van der Waals surface area contributed by atoms with Crippen LogP contribution in [0.4, 0.5) is 5.82 Å². The molecule has 5 aromatic carbocycles. The molecule has 230 valence electrons. The van der Waals surface area contributed by atoms with Crippen LogP contribution in [0.1, 0.15) is 58.7 Å². The summed E-state index contributed by atoms with van der Waals surface area (Å²) in [7, 11) is 0. The number of allylic oxidation sites excluding steroid dienone is 1. The van der Waals surface area contributed by atoms with Gasteiger partial charge in [-0.1, -0.05) is 117 Å². The Balaban J connectivity index is 0.981. The lowest BCUT2D eigenvalue weighted by Gasteiger charge is -2.25. The molecular formula is C44H34N4. The standard InChI is InChI=1S/C44H34N4/c1-44(2)40-22-28(26-45)8-19-38(40)39-20-17-36(25-41(39)44)35-16-15-33-23-32(13-14-34(33)24-35)30-9-11-31(12-10-30)43(46)48-42-21-18-37(27-47-42)29-6-4-3-5-7-29/h3-23,25,27,35H,24H2,1-2H3,(H2,46,47,48). The van der Waals surface area contributed by atoms with E-state index in [0.717, 1.165) is 28.7 Å². The molecule has 2 aliphatic carbocycles. The second-order valence-corrected chi connectivity index (χ2v) is 13.2. The number of nitrogens with zero attached hydrogens (tertiary/aromatic N) is 3. The van der Waals surface area contributed by atoms with Gasteiger partial charge in [0.15, 0.2) is 5.82 Å². The molecule has 0 spiro atoms. The number of hydrogen-bond acceptors (Lipinski definition) is 3. The molecule has 4 heteroatoms. The Morgan fingerprint density at radius 1 is 0.771 bits per heavy atom. The Hall–Kier alpha value is -6.05. The first-order valence-corrected chi connectivity index (χ1v) is 16.3. The van der Waals surface area contributed by atoms with E-state index in [-0.39, 0.29) is 5.41 Å². The van der Waals surface area contributed by atoms with Crippen molar-refractivity contribution in [3.05, 3.63) is 173 Å². The van der Waals surface area contributed by atoms with Gasteiger partial charge in [0, 0.05) is 28.7 Å². The third kappa shape index (κ3) is 5.20. The average molecular weight is 619 g/mol. The summed E-state index contributed by atoms with van der Waals surface area (Å²) >= 11 is 0. The van der Waals surface area contributed by atoms with Crippen LogP contribution in [0.15, 0.2) is 139 Å². The highest BCUT2D eigenvalue weighted by Crippen LogP contribution is 2.50. The van der Waals surface area contributed by atoms with Gasteiger partial charge in [0.1, 0.15) is 5.84 Å². The zero-order valence-corrected chi connectivity index (χ0v) is 27.0. The van der Waals surface area contributed by atoms with Crippen molar-refractivity contribution in [2.24, 2.45) is 10.7 Å². The van der Waals surface area contributed by atoms with E-state index in [1.807, 2.05) is 54.7 Å². The largest absolute Gasteiger partial charge is 0.383 e. The number of aliphatic imine (C=N–C) groups is 1. The predicted molar refractivity (Wildman–Crippen MR) is 196 cm³/mol. The minimum absolute atomic E-state index is 0.143. The number of aromatic nitrogens is 1. The van der Waals surface area contributed by atoms with Crippen molar-refractivity contribution >= 4 is 17.7 Å². The molecule has 0 saturated heterocycles. The number of benzene rings is 5. The zero-order chi connectivity index (χ0) is 32.8. The van der Waals surface area contributed by atoms with E-state index in [1.165, 1.54) is 44.5 Å². The van der Waals surface area contributed by atoms with E-state index in [2.05, 4.69) is 115 Å². The van der Waals surface area contributed by atoms with Crippen molar-refractivity contribution in [3.8, 4) is 39.4 Å². The molecule has 0 fully saturated rings. The van der Waals surface area contributed by atoms with Gasteiger partial charge >= 0.3 is 0 Å². The number of nitriles is 1. The lowest BCUT2D eigenvalue weighted by molar-refractivity contribution is 0.657. The van der Waals surface area contributed by atoms with Crippen LogP contribution in [0.5, 0.6) is 0 Å². The monoisotopic (exact) mass is 618 g/mol. The van der Waals surface area contributed by atoms with Crippen molar-refractivity contribution in [1.29, 1.82) is 5.26 Å². The van der Waals surface area contributed by atoms with Gasteiger partial charge in [0.25, 0.3) is 0 Å². The smallest absolute Gasteiger partial charge is 0.154 e. The fourth-order valence-corrected chi connectivity index (χ4v) is 7.20. The lowest BCUT2D eigenvalue weighted by Crippen LogP contribution is -2.16. The summed E-state index contributed by atoms with van der Waals surface area (Å²) in [4.78, 5) is 9.07. The molecule has 1 heterocycles. The Bertz CT molecular complexity index is 2290. The van der Waals surface area contributed by atoms with Crippen molar-refractivity contribution in [3.63, 3.8) is 0 Å². The summed E-state index contributed by atoms with van der Waals surface area (Å²) in [5, 5.41) is 9.47. The molecule has 2 N–H and O–H groups in total. The molecule has 1 unspecified atom stereocenters. The maximum atomic E-state index is 9.47. The lowest BCUT2D eigenvalue weighted by atomic mass is 9.79. The van der Waals surface area contributed by atoms with Gasteiger partial charge < -0.3 is 5.73 Å². The number of fused-ring (bicyclic) bond motifs is 4. The van der Waals surface area contributed by atoms with Gasteiger partial charge in [-0.15, -0.1) is 0 Å². The molecular weight excluding hydrogens is 585 g/mol. The number of amidine groups is 1. The van der Waals surface area contributed by atoms with E-state index in [1.54, 1.807) is 0 Å². The minimum Gasteiger partial charge on any atom is -0.383 e. The van der Waals surface area contributed by atoms with Gasteiger partial charge in [-0.3, -0.25) is 0 Å². The molecule has 48 heavy (non-hydrogen) atoms. The highest BCUT2D eigenvalue weighted by atomic mass is 14.9. The number of nitrogens with two attached hydrogens (primary N) is 1. The molecule has 1 atom stereocenters. The molecule has 0 amide bonds. The Labute approximate surface area is 281 Å². The van der Waals surface area contributed by atoms with Gasteiger partial charge in [0.05, 0.1) is 11.6 Å². The van der Waals surface area contributed by atoms with E-state index < -0.39 is 0 Å². The summed E-state index contributed by atoms with van der Waals surface area (Å²) < 4.78 is 0. The first-order valence-electron chi connectivity index (χ1n) is 16.3. The van der Waals surface area contributed by atoms with Crippen LogP contribution in [0.25, 0.3) is 39.5 Å². The van der Waals surface area contributed by atoms with Crippen LogP contribution in [-0.2, 0) is 11.8 Å². The summed E-state index contributed by atoms with van der Waals surface area (Å²) in [5.41, 5.74) is 21.3. The van der Waals surface area contributed by atoms with Crippen molar-refractivity contribution < 1.29 is 0 Å². The second-order valence-electron chi connectivity index (χ2n) is 13.2. The highest BCUT2D eigenvalue weighted by Gasteiger charge is 2.36. The summed E-state index contributed by atoms with van der Waals surface area (Å²) in [6.45, 7) is 4.54. The normalized spacial score (nSPS) is 15.7. The van der Waals surface area contributed by atoms with E-state index in [0.29, 0.717) is 23.1 Å². The molecule has 0 radical (unpaired) electrons. The molecule has 4 nitrogen and oxygen atoms in total. The van der Waals surface area contributed by atoms with Gasteiger partial charge in [-0.2, -0.15) is 5.26 Å². The van der Waals surface area contributed by atoms with Gasteiger partial charge in [0.2, 0.25) is 0 Å². The third-order valence-corrected chi connectivity index (χ3v) is 9.96. The van der Waals surface area contributed by atoms with Gasteiger partial charge in [-0.05, 0) is 92.4 Å². The molecule has 8 rings (SSSR count). The molecule has 6 aromatic rings. The summed E-state index contributed by atoms with van der Waals surface area (Å²) in [5.74, 6) is 1.33. The summed E-state index contributed by atoms with van der Waals surface area (Å²) in [6.07, 6.45) is 7.41. The maximum Gasteiger partial charge on any atom is 0.154 e. The first-order chi connectivity index (χ1) is 23.4. The molecule has 2 aliphatic rings. The Kier molecular flexibility index (Phi) is 7.12. The minimum atomic E-state index is -0.143. The van der Waals surface area contributed by atoms with Crippen LogP contribution in [-0.4, -0.2) is 10.8 Å². The second kappa shape index (κ2) is 11.6. The molecule has 0 saturated carbocycles. The maximum absolute atomic E-state index is 9.47. The predicted octanol–water partition coefficient (Wildman–Crippen LogP) is 9.98. The van der Waals surface area contributed by atoms with Crippen LogP contribution in [0.3, 0.4) is 0 Å². The molecule has 0 aliphatic heterocycles. The topological polar surface area (TPSA) is 75.1 Å². The quantitative estimate of drug-likeness (QED) is 0.154. The Morgan fingerprint density at radius 2 is 1.48 bits per heavy atom. The van der Waals surface area contributed by atoms with Gasteiger partial charge in [-0.25, -0.2) is 9.98 Å². The molecule has 1 aromatic heterocycles. The number of rotatable bonds is 5. The van der Waals surface area contributed by atoms with Crippen molar-refractivity contribution in [1.82, 2.24) is 4.98 Å². The number of pyridine rings is 1. The van der Waals surface area contributed by atoms with Crippen LogP contribution in [0.2, 0.25) is 0 Å². The van der Waals surface area contributed by atoms with E-state index in [4.69, 9.17) is 5.73 Å². The Morgan fingerprint density at radius 3 is 2.23 bits per heavy atom. The first kappa shape index (κ1) is 29.4.